The van der Waals surface area contributed by atoms with Gasteiger partial charge in [0.15, 0.2) is 0 Å². The Balaban J connectivity index is 0.00000162. The van der Waals surface area contributed by atoms with Gasteiger partial charge in [-0.15, -0.1) is 12.4 Å². The molecular formula is C14H22BrClN2. The fourth-order valence-corrected chi connectivity index (χ4v) is 3.09. The molecule has 1 saturated heterocycles. The summed E-state index contributed by atoms with van der Waals surface area (Å²) in [6.45, 7) is 4.70. The Morgan fingerprint density at radius 2 is 2.28 bits per heavy atom. The molecule has 0 aromatic heterocycles. The van der Waals surface area contributed by atoms with Gasteiger partial charge in [-0.1, -0.05) is 28.1 Å². The average Bonchev–Trinajstić information content (AvgIpc) is 2.30. The lowest BCUT2D eigenvalue weighted by Crippen LogP contribution is -2.38. The van der Waals surface area contributed by atoms with Gasteiger partial charge in [-0.25, -0.2) is 0 Å². The zero-order valence-corrected chi connectivity index (χ0v) is 13.3. The summed E-state index contributed by atoms with van der Waals surface area (Å²) in [5.74, 6) is 0.820. The molecule has 0 aliphatic carbocycles. The third-order valence-electron chi connectivity index (χ3n) is 3.39. The Bertz CT molecular complexity index is 357. The highest BCUT2D eigenvalue weighted by Gasteiger charge is 2.19. The van der Waals surface area contributed by atoms with Crippen LogP contribution in [0.4, 0.5) is 0 Å². The number of hydrogen-bond acceptors (Lipinski definition) is 2. The molecule has 0 amide bonds. The molecule has 2 nitrogen and oxygen atoms in total. The Morgan fingerprint density at radius 3 is 3.00 bits per heavy atom. The molecule has 0 spiro atoms. The Hall–Kier alpha value is -0.0900. The third kappa shape index (κ3) is 4.88. The van der Waals surface area contributed by atoms with E-state index in [2.05, 4.69) is 50.4 Å². The lowest BCUT2D eigenvalue weighted by molar-refractivity contribution is 0.167. The Labute approximate surface area is 125 Å². The van der Waals surface area contributed by atoms with E-state index in [0.29, 0.717) is 0 Å². The number of halogens is 2. The molecule has 1 fully saturated rings. The Morgan fingerprint density at radius 1 is 1.44 bits per heavy atom. The average molecular weight is 334 g/mol. The minimum atomic E-state index is 0. The van der Waals surface area contributed by atoms with Crippen LogP contribution in [0.5, 0.6) is 0 Å². The number of hydrogen-bond donors (Lipinski definition) is 1. The van der Waals surface area contributed by atoms with Gasteiger partial charge in [0.1, 0.15) is 0 Å². The standard InChI is InChI=1S/C14H21BrN2.ClH/c1-16-9-13-5-3-7-17(11-13)10-12-4-2-6-14(15)8-12;/h2,4,6,8,13,16H,3,5,7,9-11H2,1H3;1H. The van der Waals surface area contributed by atoms with Gasteiger partial charge in [-0.3, -0.25) is 4.90 Å². The van der Waals surface area contributed by atoms with Crippen LogP contribution >= 0.6 is 28.3 Å². The smallest absolute Gasteiger partial charge is 0.0234 e. The van der Waals surface area contributed by atoms with E-state index in [9.17, 15) is 0 Å². The molecule has 0 radical (unpaired) electrons. The first-order valence-electron chi connectivity index (χ1n) is 6.39. The first-order valence-corrected chi connectivity index (χ1v) is 7.18. The van der Waals surface area contributed by atoms with Crippen molar-refractivity contribution in [2.24, 2.45) is 5.92 Å². The maximum Gasteiger partial charge on any atom is 0.0234 e. The number of rotatable bonds is 4. The predicted molar refractivity (Wildman–Crippen MR) is 83.3 cm³/mol. The van der Waals surface area contributed by atoms with E-state index in [0.717, 1.165) is 19.0 Å². The summed E-state index contributed by atoms with van der Waals surface area (Å²) in [4.78, 5) is 2.58. The number of likely N-dealkylation sites (tertiary alicyclic amines) is 1. The van der Waals surface area contributed by atoms with Crippen LogP contribution in [-0.2, 0) is 6.54 Å². The summed E-state index contributed by atoms with van der Waals surface area (Å²) in [5, 5.41) is 3.30. The van der Waals surface area contributed by atoms with Gasteiger partial charge >= 0.3 is 0 Å². The van der Waals surface area contributed by atoms with Crippen molar-refractivity contribution in [3.05, 3.63) is 34.3 Å². The molecule has 1 unspecified atom stereocenters. The van der Waals surface area contributed by atoms with Crippen molar-refractivity contribution in [2.75, 3.05) is 26.7 Å². The highest BCUT2D eigenvalue weighted by molar-refractivity contribution is 9.10. The second-order valence-electron chi connectivity index (χ2n) is 4.93. The van der Waals surface area contributed by atoms with Crippen LogP contribution in [-0.4, -0.2) is 31.6 Å². The maximum absolute atomic E-state index is 3.54. The van der Waals surface area contributed by atoms with Crippen LogP contribution < -0.4 is 5.32 Å². The molecule has 102 valence electrons. The van der Waals surface area contributed by atoms with E-state index < -0.39 is 0 Å². The second-order valence-corrected chi connectivity index (χ2v) is 5.85. The quantitative estimate of drug-likeness (QED) is 0.909. The van der Waals surface area contributed by atoms with Gasteiger partial charge in [0, 0.05) is 17.6 Å². The molecule has 0 saturated carbocycles. The SMILES string of the molecule is CNCC1CCCN(Cc2cccc(Br)c2)C1.Cl. The van der Waals surface area contributed by atoms with Gasteiger partial charge in [0.2, 0.25) is 0 Å². The van der Waals surface area contributed by atoms with E-state index in [1.54, 1.807) is 0 Å². The van der Waals surface area contributed by atoms with Crippen LogP contribution in [0.1, 0.15) is 18.4 Å². The zero-order valence-electron chi connectivity index (χ0n) is 10.9. The number of benzene rings is 1. The molecule has 1 N–H and O–H groups in total. The minimum Gasteiger partial charge on any atom is -0.319 e. The Kier molecular flexibility index (Phi) is 7.23. The van der Waals surface area contributed by atoms with Crippen molar-refractivity contribution >= 4 is 28.3 Å². The molecule has 18 heavy (non-hydrogen) atoms. The number of nitrogens with zero attached hydrogens (tertiary/aromatic N) is 1. The van der Waals surface area contributed by atoms with Gasteiger partial charge in [0.05, 0.1) is 0 Å². The van der Waals surface area contributed by atoms with Gasteiger partial charge in [-0.2, -0.15) is 0 Å². The summed E-state index contributed by atoms with van der Waals surface area (Å²) in [5.41, 5.74) is 1.41. The molecule has 1 atom stereocenters. The summed E-state index contributed by atoms with van der Waals surface area (Å²) < 4.78 is 1.18. The number of nitrogens with one attached hydrogen (secondary N) is 1. The normalized spacial score (nSPS) is 20.4. The van der Waals surface area contributed by atoms with Gasteiger partial charge in [-0.05, 0) is 56.6 Å². The van der Waals surface area contributed by atoms with Crippen LogP contribution in [0, 0.1) is 5.92 Å². The van der Waals surface area contributed by atoms with E-state index >= 15 is 0 Å². The van der Waals surface area contributed by atoms with E-state index in [-0.39, 0.29) is 12.4 Å². The van der Waals surface area contributed by atoms with Crippen molar-refractivity contribution in [2.45, 2.75) is 19.4 Å². The van der Waals surface area contributed by atoms with Gasteiger partial charge in [0.25, 0.3) is 0 Å². The third-order valence-corrected chi connectivity index (χ3v) is 3.88. The van der Waals surface area contributed by atoms with Crippen LogP contribution in [0.25, 0.3) is 0 Å². The van der Waals surface area contributed by atoms with Crippen molar-refractivity contribution in [1.82, 2.24) is 10.2 Å². The fraction of sp³-hybridized carbons (Fsp3) is 0.571. The summed E-state index contributed by atoms with van der Waals surface area (Å²) in [6.07, 6.45) is 2.70. The molecule has 0 bridgehead atoms. The second kappa shape index (κ2) is 8.16. The molecule has 1 aromatic carbocycles. The van der Waals surface area contributed by atoms with Crippen LogP contribution in [0.15, 0.2) is 28.7 Å². The van der Waals surface area contributed by atoms with Crippen LogP contribution in [0.2, 0.25) is 0 Å². The summed E-state index contributed by atoms with van der Waals surface area (Å²) >= 11 is 3.54. The fourth-order valence-electron chi connectivity index (χ4n) is 2.64. The molecule has 1 aliphatic heterocycles. The van der Waals surface area contributed by atoms with Gasteiger partial charge < -0.3 is 5.32 Å². The van der Waals surface area contributed by atoms with Crippen molar-refractivity contribution < 1.29 is 0 Å². The highest BCUT2D eigenvalue weighted by Crippen LogP contribution is 2.19. The molecule has 1 aromatic rings. The van der Waals surface area contributed by atoms with E-state index in [1.807, 2.05) is 7.05 Å². The molecule has 1 heterocycles. The van der Waals surface area contributed by atoms with E-state index in [1.165, 1.54) is 36.0 Å². The van der Waals surface area contributed by atoms with Crippen molar-refractivity contribution in [1.29, 1.82) is 0 Å². The zero-order chi connectivity index (χ0) is 12.1. The first-order chi connectivity index (χ1) is 8.28. The van der Waals surface area contributed by atoms with Crippen molar-refractivity contribution in [3.63, 3.8) is 0 Å². The summed E-state index contributed by atoms with van der Waals surface area (Å²) in [7, 11) is 2.05. The van der Waals surface area contributed by atoms with E-state index in [4.69, 9.17) is 0 Å². The highest BCUT2D eigenvalue weighted by atomic mass is 79.9. The number of piperidine rings is 1. The molecule has 2 rings (SSSR count). The minimum absolute atomic E-state index is 0. The molecular weight excluding hydrogens is 312 g/mol. The molecule has 1 aliphatic rings. The largest absolute Gasteiger partial charge is 0.319 e. The summed E-state index contributed by atoms with van der Waals surface area (Å²) in [6, 6.07) is 8.64. The maximum atomic E-state index is 3.54. The molecule has 4 heteroatoms. The monoisotopic (exact) mass is 332 g/mol. The lowest BCUT2D eigenvalue weighted by Gasteiger charge is -2.32. The lowest BCUT2D eigenvalue weighted by atomic mass is 9.97. The first kappa shape index (κ1) is 16.0. The topological polar surface area (TPSA) is 15.3 Å². The predicted octanol–water partition coefficient (Wildman–Crippen LogP) is 3.30. The van der Waals surface area contributed by atoms with Crippen LogP contribution in [0.3, 0.4) is 0 Å². The van der Waals surface area contributed by atoms with Crippen molar-refractivity contribution in [3.8, 4) is 0 Å².